The summed E-state index contributed by atoms with van der Waals surface area (Å²) in [5, 5.41) is 69.8. The van der Waals surface area contributed by atoms with Gasteiger partial charge in [0.2, 0.25) is 59.1 Å². The zero-order chi connectivity index (χ0) is 66.4. The molecule has 1 unspecified atom stereocenters. The molecule has 0 saturated heterocycles. The maximum absolute atomic E-state index is 14.4. The summed E-state index contributed by atoms with van der Waals surface area (Å²) in [6.45, 7) is 16.6. The number of primary amides is 1. The third-order valence-corrected chi connectivity index (χ3v) is 13.8. The molecule has 10 amide bonds. The minimum absolute atomic E-state index is 0.0535. The highest BCUT2D eigenvalue weighted by atomic mass is 32.1. The Morgan fingerprint density at radius 3 is 1.60 bits per heavy atom. The Morgan fingerprint density at radius 2 is 1.14 bits per heavy atom. The first kappa shape index (κ1) is 76.8. The van der Waals surface area contributed by atoms with E-state index >= 15 is 0 Å². The van der Waals surface area contributed by atoms with E-state index < -0.39 is 167 Å². The van der Waals surface area contributed by atoms with Crippen LogP contribution < -0.4 is 59.3 Å². The summed E-state index contributed by atoms with van der Waals surface area (Å²) in [7, 11) is 1.24. The number of nitrogens with zero attached hydrogens (tertiary/aromatic N) is 1. The number of guanidine groups is 1. The van der Waals surface area contributed by atoms with Crippen molar-refractivity contribution in [1.29, 1.82) is 5.41 Å². The van der Waals surface area contributed by atoms with E-state index in [4.69, 9.17) is 16.9 Å². The average Bonchev–Trinajstić information content (AvgIpc) is 2.78. The van der Waals surface area contributed by atoms with Gasteiger partial charge in [-0.1, -0.05) is 58.9 Å². The molecule has 29 nitrogen and oxygen atoms in total. The summed E-state index contributed by atoms with van der Waals surface area (Å²) in [6.07, 6.45) is -4.25. The van der Waals surface area contributed by atoms with Crippen molar-refractivity contribution < 1.29 is 78.0 Å². The number of carbonyl (C=O) groups excluding carboxylic acids is 10. The van der Waals surface area contributed by atoms with Crippen molar-refractivity contribution in [2.45, 2.75) is 203 Å². The van der Waals surface area contributed by atoms with Crippen molar-refractivity contribution in [1.82, 2.24) is 52.8 Å². The van der Waals surface area contributed by atoms with Gasteiger partial charge in [0.1, 0.15) is 48.3 Å². The fraction of sp³-hybridized carbons (Fsp3) is 0.655. The highest BCUT2D eigenvalue weighted by molar-refractivity contribution is 7.82. The number of aliphatic carboxylic acids is 2. The second kappa shape index (κ2) is 34.8. The number of carbonyl (C=O) groups is 12. The van der Waals surface area contributed by atoms with Gasteiger partial charge in [0, 0.05) is 55.3 Å². The first-order valence-electron chi connectivity index (χ1n) is 27.8. The fourth-order valence-electron chi connectivity index (χ4n) is 8.58. The normalized spacial score (nSPS) is 15.2. The minimum Gasteiger partial charge on any atom is -0.481 e. The average molecular weight is 1250 g/mol. The Hall–Kier alpha value is -7.25. The van der Waals surface area contributed by atoms with Crippen LogP contribution in [0.15, 0.2) is 24.3 Å². The van der Waals surface area contributed by atoms with Crippen molar-refractivity contribution >= 4 is 102 Å². The van der Waals surface area contributed by atoms with E-state index in [1.807, 2.05) is 32.9 Å². The van der Waals surface area contributed by atoms with Gasteiger partial charge < -0.3 is 84.6 Å². The quantitative estimate of drug-likeness (QED) is 0.0144. The molecule has 0 aliphatic rings. The third-order valence-electron chi connectivity index (χ3n) is 13.3. The summed E-state index contributed by atoms with van der Waals surface area (Å²) in [6, 6.07) is -6.98. The Bertz CT molecular complexity index is 2570. The number of likely N-dealkylation sites (N-methyl/N-ethyl adjacent to an activating group) is 1. The van der Waals surface area contributed by atoms with E-state index in [1.54, 1.807) is 26.0 Å². The van der Waals surface area contributed by atoms with Gasteiger partial charge in [0.05, 0.1) is 19.1 Å². The number of hydrogen-bond acceptors (Lipinski definition) is 17. The number of hydrogen-bond donors (Lipinski definition) is 18. The van der Waals surface area contributed by atoms with Crippen LogP contribution in [0.5, 0.6) is 0 Å². The monoisotopic (exact) mass is 1250 g/mol. The van der Waals surface area contributed by atoms with Crippen molar-refractivity contribution in [3.63, 3.8) is 0 Å². The largest absolute Gasteiger partial charge is 0.481 e. The van der Waals surface area contributed by atoms with Gasteiger partial charge in [-0.2, -0.15) is 25.3 Å². The smallest absolute Gasteiger partial charge is 0.305 e. The van der Waals surface area contributed by atoms with Crippen molar-refractivity contribution in [2.24, 2.45) is 17.4 Å². The first-order chi connectivity index (χ1) is 39.5. The molecule has 1 aromatic rings. The number of carboxylic acids is 2. The first-order valence-corrected chi connectivity index (χ1v) is 28.7. The van der Waals surface area contributed by atoms with Crippen molar-refractivity contribution in [3.05, 3.63) is 35.4 Å². The Balaban J connectivity index is 3.59. The second-order valence-electron chi connectivity index (χ2n) is 23.7. The van der Waals surface area contributed by atoms with Gasteiger partial charge in [-0.3, -0.25) is 62.9 Å². The SMILES string of the molecule is CC(=O)N[C@H](C(=O)N(C)[C@@H](CCCNC(=N)N)C(=O)N[C@@H](CO)C(=O)N[C@@H](CC(=O)O)C(=O)N[C@H](C(=O)N[C@@H](CC(C)C)C(=O)N[C@H](C(=O)N[C@@H](Cc1ccc(C(C)(C)C)cc1)C(=O)N[C@@H](CCC(=O)O)CC(N)=O)C(C)(C)S)C(C)O)C(C)(C)S. The summed E-state index contributed by atoms with van der Waals surface area (Å²) < 4.78 is -2.58. The van der Waals surface area contributed by atoms with Crippen LogP contribution in [-0.4, -0.2) is 192 Å². The van der Waals surface area contributed by atoms with E-state index in [1.165, 1.54) is 41.7 Å². The van der Waals surface area contributed by atoms with Gasteiger partial charge in [0.25, 0.3) is 0 Å². The lowest BCUT2D eigenvalue weighted by atomic mass is 9.86. The minimum atomic E-state index is -2.06. The van der Waals surface area contributed by atoms with Crippen LogP contribution in [0.2, 0.25) is 0 Å². The molecule has 0 spiro atoms. The molecule has 0 fully saturated rings. The Kier molecular flexibility index (Phi) is 31.0. The maximum Gasteiger partial charge on any atom is 0.305 e. The maximum atomic E-state index is 14.4. The number of aliphatic hydroxyl groups is 2. The lowest BCUT2D eigenvalue weighted by Gasteiger charge is -2.36. The van der Waals surface area contributed by atoms with Gasteiger partial charge in [-0.15, -0.1) is 0 Å². The highest BCUT2D eigenvalue weighted by Gasteiger charge is 2.42. The summed E-state index contributed by atoms with van der Waals surface area (Å²) in [5.41, 5.74) is 12.1. The molecule has 10 atom stereocenters. The molecule has 1 aromatic carbocycles. The van der Waals surface area contributed by atoms with Crippen molar-refractivity contribution in [3.8, 4) is 0 Å². The molecule has 0 aromatic heterocycles. The molecule has 1 rings (SSSR count). The molecular formula is C55H91N13O16S2. The number of thiol groups is 2. The molecule has 484 valence electrons. The van der Waals surface area contributed by atoms with E-state index in [2.05, 4.69) is 73.1 Å². The number of benzene rings is 1. The van der Waals surface area contributed by atoms with Gasteiger partial charge in [0.15, 0.2) is 5.96 Å². The molecule has 18 N–H and O–H groups in total. The lowest BCUT2D eigenvalue weighted by molar-refractivity contribution is -0.144. The third kappa shape index (κ3) is 27.4. The van der Waals surface area contributed by atoms with Crippen LogP contribution in [-0.2, 0) is 69.4 Å². The van der Waals surface area contributed by atoms with Crippen molar-refractivity contribution in [2.75, 3.05) is 20.2 Å². The Morgan fingerprint density at radius 1 is 0.628 bits per heavy atom. The molecule has 0 aliphatic heterocycles. The van der Waals surface area contributed by atoms with Gasteiger partial charge in [-0.25, -0.2) is 0 Å². The number of carboxylic acid groups (broad SMARTS) is 2. The molecule has 86 heavy (non-hydrogen) atoms. The van der Waals surface area contributed by atoms with Crippen LogP contribution in [0.4, 0.5) is 0 Å². The summed E-state index contributed by atoms with van der Waals surface area (Å²) in [4.78, 5) is 161. The van der Waals surface area contributed by atoms with E-state index in [-0.39, 0.29) is 55.9 Å². The predicted molar refractivity (Wildman–Crippen MR) is 323 cm³/mol. The molecule has 0 saturated carbocycles. The van der Waals surface area contributed by atoms with E-state index in [0.717, 1.165) is 17.4 Å². The van der Waals surface area contributed by atoms with Crippen LogP contribution in [0, 0.1) is 11.3 Å². The van der Waals surface area contributed by atoms with E-state index in [9.17, 15) is 78.0 Å². The van der Waals surface area contributed by atoms with Crippen LogP contribution >= 0.6 is 25.3 Å². The standard InChI is InChI=1S/C55H91N13O16S2/c1-27(2)22-33(46(79)67-42(54(8,9)85)50(83)64-34(23-30-15-17-31(18-16-30)53(5,6)7)44(77)61-32(24-38(56)72)19-20-39(73)74)63-49(82)41(28(3)70)66-45(78)35(25-40(75)76)62-47(80)36(26-69)65-48(81)37(14-13-21-59-52(57)58)68(12)51(84)43(55(10,11)86)60-29(4)71/h15-18,27-28,32-37,41-43,69-70,85-86H,13-14,19-26H2,1-12H3,(H2,56,72)(H,60,71)(H,61,77)(H,62,80)(H,63,82)(H,64,83)(H,65,81)(H,66,78)(H,67,79)(H,73,74)(H,75,76)(H4,57,58,59)/t28?,32-,33-,34-,35-,36-,37-,41-,42+,43+/m0/s1. The van der Waals surface area contributed by atoms with Gasteiger partial charge in [-0.05, 0) is 82.8 Å². The number of amides is 10. The van der Waals surface area contributed by atoms with Crippen LogP contribution in [0.3, 0.4) is 0 Å². The predicted octanol–water partition coefficient (Wildman–Crippen LogP) is -2.43. The molecule has 0 heterocycles. The van der Waals surface area contributed by atoms with Crippen LogP contribution in [0.25, 0.3) is 0 Å². The van der Waals surface area contributed by atoms with Gasteiger partial charge >= 0.3 is 11.9 Å². The number of aliphatic hydroxyl groups excluding tert-OH is 2. The zero-order valence-corrected chi connectivity index (χ0v) is 52.7. The fourth-order valence-corrected chi connectivity index (χ4v) is 8.93. The number of rotatable bonds is 36. The summed E-state index contributed by atoms with van der Waals surface area (Å²) in [5.74, 6) is -13.4. The number of nitrogens with two attached hydrogens (primary N) is 2. The topological polar surface area (TPSA) is 473 Å². The Labute approximate surface area is 512 Å². The molecule has 0 aliphatic carbocycles. The number of nitrogens with one attached hydrogen (secondary N) is 10. The second-order valence-corrected chi connectivity index (χ2v) is 26.0. The summed E-state index contributed by atoms with van der Waals surface area (Å²) >= 11 is 9.04. The zero-order valence-electron chi connectivity index (χ0n) is 50.9. The van der Waals surface area contributed by atoms with Crippen LogP contribution in [0.1, 0.15) is 132 Å². The molecule has 0 bridgehead atoms. The van der Waals surface area contributed by atoms with E-state index in [0.29, 0.717) is 5.56 Å². The molecular weight excluding hydrogens is 1160 g/mol. The lowest BCUT2D eigenvalue weighted by Crippen LogP contribution is -2.64. The molecule has 0 radical (unpaired) electrons. The molecule has 31 heteroatoms. The highest BCUT2D eigenvalue weighted by Crippen LogP contribution is 2.24.